The lowest BCUT2D eigenvalue weighted by molar-refractivity contribution is 0.0975. The topological polar surface area (TPSA) is 46.2 Å². The van der Waals surface area contributed by atoms with E-state index in [-0.39, 0.29) is 5.78 Å². The van der Waals surface area contributed by atoms with E-state index in [0.717, 1.165) is 24.8 Å². The number of aryl methyl sites for hydroxylation is 1. The van der Waals surface area contributed by atoms with E-state index in [9.17, 15) is 9.59 Å². The minimum Gasteiger partial charge on any atom is -0.381 e. The van der Waals surface area contributed by atoms with Crippen molar-refractivity contribution in [2.75, 3.05) is 5.32 Å². The molecule has 0 radical (unpaired) electrons. The van der Waals surface area contributed by atoms with Crippen molar-refractivity contribution in [1.29, 1.82) is 0 Å². The highest BCUT2D eigenvalue weighted by Gasteiger charge is 2.10. The van der Waals surface area contributed by atoms with Crippen LogP contribution in [0.3, 0.4) is 0 Å². The lowest BCUT2D eigenvalue weighted by Gasteiger charge is -2.10. The first-order valence-corrected chi connectivity index (χ1v) is 8.12. The molecule has 0 bridgehead atoms. The molecule has 0 saturated carbocycles. The molecule has 2 rings (SSSR count). The smallest absolute Gasteiger partial charge is 0.163 e. The molecule has 1 N–H and O–H groups in total. The molecule has 0 aliphatic rings. The number of carbonyl (C=O) groups excluding carboxylic acids is 2. The minimum absolute atomic E-state index is 0.0244. The predicted octanol–water partition coefficient (Wildman–Crippen LogP) is 4.66. The number of Topliss-reactive ketones (excluding diaryl/α,β-unsaturated/α-hetero) is 1. The highest BCUT2D eigenvalue weighted by Crippen LogP contribution is 2.18. The molecule has 0 spiro atoms. The van der Waals surface area contributed by atoms with Crippen LogP contribution in [0.4, 0.5) is 5.69 Å². The zero-order valence-corrected chi connectivity index (χ0v) is 13.8. The molecule has 0 saturated heterocycles. The second-order valence-corrected chi connectivity index (χ2v) is 5.62. The summed E-state index contributed by atoms with van der Waals surface area (Å²) in [6, 6.07) is 13.8. The van der Waals surface area contributed by atoms with E-state index in [1.807, 2.05) is 13.0 Å². The molecule has 0 amide bonds. The Morgan fingerprint density at radius 1 is 1.04 bits per heavy atom. The fourth-order valence-corrected chi connectivity index (χ4v) is 2.48. The van der Waals surface area contributed by atoms with E-state index >= 15 is 0 Å². The van der Waals surface area contributed by atoms with Gasteiger partial charge in [-0.25, -0.2) is 0 Å². The lowest BCUT2D eigenvalue weighted by atomic mass is 10.0. The first-order valence-electron chi connectivity index (χ1n) is 8.12. The van der Waals surface area contributed by atoms with E-state index in [1.165, 1.54) is 11.1 Å². The van der Waals surface area contributed by atoms with Crippen molar-refractivity contribution in [3.63, 3.8) is 0 Å². The molecule has 0 fully saturated rings. The van der Waals surface area contributed by atoms with Gasteiger partial charge in [-0.15, -0.1) is 0 Å². The van der Waals surface area contributed by atoms with Crippen molar-refractivity contribution >= 4 is 17.8 Å². The maximum atomic E-state index is 12.0. The Morgan fingerprint density at radius 3 is 2.35 bits per heavy atom. The third-order valence-electron chi connectivity index (χ3n) is 3.88. The molecule has 120 valence electrons. The summed E-state index contributed by atoms with van der Waals surface area (Å²) in [7, 11) is 0. The third-order valence-corrected chi connectivity index (χ3v) is 3.88. The maximum Gasteiger partial charge on any atom is 0.163 e. The van der Waals surface area contributed by atoms with Crippen LogP contribution in [-0.4, -0.2) is 12.1 Å². The van der Waals surface area contributed by atoms with Gasteiger partial charge in [0.1, 0.15) is 0 Å². The standard InChI is InChI=1S/C20H23NO2/c1-3-5-20(23)19-11-10-18(12-17(19)14-22)21-13-16-8-6-15(4-2)7-9-16/h6-12,14,21H,3-5,13H2,1-2H3. The number of carbonyl (C=O) groups is 2. The monoisotopic (exact) mass is 309 g/mol. The molecular weight excluding hydrogens is 286 g/mol. The summed E-state index contributed by atoms with van der Waals surface area (Å²) in [5.41, 5.74) is 4.31. The minimum atomic E-state index is 0.0244. The van der Waals surface area contributed by atoms with Crippen molar-refractivity contribution in [3.8, 4) is 0 Å². The van der Waals surface area contributed by atoms with Gasteiger partial charge < -0.3 is 5.32 Å². The van der Waals surface area contributed by atoms with Crippen LogP contribution < -0.4 is 5.32 Å². The Bertz CT molecular complexity index is 675. The van der Waals surface area contributed by atoms with Crippen LogP contribution >= 0.6 is 0 Å². The Labute approximate surface area is 137 Å². The number of hydrogen-bond donors (Lipinski definition) is 1. The van der Waals surface area contributed by atoms with Crippen LogP contribution in [0.5, 0.6) is 0 Å². The van der Waals surface area contributed by atoms with Gasteiger partial charge >= 0.3 is 0 Å². The number of rotatable bonds is 8. The first kappa shape index (κ1) is 16.9. The summed E-state index contributed by atoms with van der Waals surface area (Å²) in [5, 5.41) is 3.30. The molecule has 0 atom stereocenters. The molecule has 0 aliphatic carbocycles. The Kier molecular flexibility index (Phi) is 6.10. The Morgan fingerprint density at radius 2 is 1.74 bits per heavy atom. The van der Waals surface area contributed by atoms with Crippen molar-refractivity contribution in [3.05, 3.63) is 64.7 Å². The van der Waals surface area contributed by atoms with E-state index in [2.05, 4.69) is 36.5 Å². The quantitative estimate of drug-likeness (QED) is 0.570. The molecule has 2 aromatic carbocycles. The highest BCUT2D eigenvalue weighted by molar-refractivity contribution is 6.03. The van der Waals surface area contributed by atoms with Crippen LogP contribution in [-0.2, 0) is 13.0 Å². The average molecular weight is 309 g/mol. The molecule has 0 aliphatic heterocycles. The number of ketones is 1. The van der Waals surface area contributed by atoms with Gasteiger partial charge in [0.25, 0.3) is 0 Å². The summed E-state index contributed by atoms with van der Waals surface area (Å²) in [6.45, 7) is 4.78. The number of aldehydes is 1. The summed E-state index contributed by atoms with van der Waals surface area (Å²) < 4.78 is 0. The summed E-state index contributed by atoms with van der Waals surface area (Å²) in [6.07, 6.45) is 3.04. The van der Waals surface area contributed by atoms with Crippen molar-refractivity contribution < 1.29 is 9.59 Å². The molecular formula is C20H23NO2. The van der Waals surface area contributed by atoms with Crippen LogP contribution in [0.25, 0.3) is 0 Å². The van der Waals surface area contributed by atoms with Crippen LogP contribution in [0.2, 0.25) is 0 Å². The number of hydrogen-bond acceptors (Lipinski definition) is 3. The van der Waals surface area contributed by atoms with Gasteiger partial charge in [0.2, 0.25) is 0 Å². The SMILES string of the molecule is CCCC(=O)c1ccc(NCc2ccc(CC)cc2)cc1C=O. The number of nitrogens with one attached hydrogen (secondary N) is 1. The fraction of sp³-hybridized carbons (Fsp3) is 0.300. The summed E-state index contributed by atoms with van der Waals surface area (Å²) in [4.78, 5) is 23.2. The van der Waals surface area contributed by atoms with E-state index in [4.69, 9.17) is 0 Å². The summed E-state index contributed by atoms with van der Waals surface area (Å²) in [5.74, 6) is 0.0244. The van der Waals surface area contributed by atoms with Crippen LogP contribution in [0.15, 0.2) is 42.5 Å². The van der Waals surface area contributed by atoms with Gasteiger partial charge in [-0.2, -0.15) is 0 Å². The van der Waals surface area contributed by atoms with Crippen LogP contribution in [0.1, 0.15) is 58.5 Å². The largest absolute Gasteiger partial charge is 0.381 e. The molecule has 0 aromatic heterocycles. The van der Waals surface area contributed by atoms with Crippen LogP contribution in [0, 0.1) is 0 Å². The molecule has 0 heterocycles. The Hall–Kier alpha value is -2.42. The third kappa shape index (κ3) is 4.52. The van der Waals surface area contributed by atoms with E-state index < -0.39 is 0 Å². The van der Waals surface area contributed by atoms with Crippen molar-refractivity contribution in [1.82, 2.24) is 0 Å². The van der Waals surface area contributed by atoms with Crippen molar-refractivity contribution in [2.24, 2.45) is 0 Å². The fourth-order valence-electron chi connectivity index (χ4n) is 2.48. The number of anilines is 1. The van der Waals surface area contributed by atoms with Crippen molar-refractivity contribution in [2.45, 2.75) is 39.7 Å². The number of benzene rings is 2. The molecule has 3 nitrogen and oxygen atoms in total. The lowest BCUT2D eigenvalue weighted by Crippen LogP contribution is -2.05. The molecule has 3 heteroatoms. The van der Waals surface area contributed by atoms with Gasteiger partial charge in [-0.3, -0.25) is 9.59 Å². The molecule has 0 unspecified atom stereocenters. The van der Waals surface area contributed by atoms with E-state index in [1.54, 1.807) is 12.1 Å². The highest BCUT2D eigenvalue weighted by atomic mass is 16.1. The van der Waals surface area contributed by atoms with Gasteiger partial charge in [0.05, 0.1) is 0 Å². The average Bonchev–Trinajstić information content (AvgIpc) is 2.60. The van der Waals surface area contributed by atoms with Gasteiger partial charge in [-0.1, -0.05) is 38.1 Å². The molecule has 23 heavy (non-hydrogen) atoms. The first-order chi connectivity index (χ1) is 11.2. The zero-order chi connectivity index (χ0) is 16.7. The maximum absolute atomic E-state index is 12.0. The normalized spacial score (nSPS) is 10.3. The van der Waals surface area contributed by atoms with Gasteiger partial charge in [-0.05, 0) is 42.2 Å². The van der Waals surface area contributed by atoms with E-state index in [0.29, 0.717) is 24.1 Å². The summed E-state index contributed by atoms with van der Waals surface area (Å²) >= 11 is 0. The Balaban J connectivity index is 2.08. The van der Waals surface area contributed by atoms with Gasteiger partial charge in [0.15, 0.2) is 12.1 Å². The molecule has 2 aromatic rings. The second kappa shape index (κ2) is 8.28. The zero-order valence-electron chi connectivity index (χ0n) is 13.8. The predicted molar refractivity (Wildman–Crippen MR) is 94.2 cm³/mol. The van der Waals surface area contributed by atoms with Gasteiger partial charge in [0, 0.05) is 29.8 Å². The second-order valence-electron chi connectivity index (χ2n) is 5.62.